The van der Waals surface area contributed by atoms with Crippen molar-refractivity contribution in [3.63, 3.8) is 0 Å². The van der Waals surface area contributed by atoms with E-state index in [-0.39, 0.29) is 23.9 Å². The summed E-state index contributed by atoms with van der Waals surface area (Å²) in [5.74, 6) is -1.69. The fourth-order valence-corrected chi connectivity index (χ4v) is 3.03. The second kappa shape index (κ2) is 8.18. The van der Waals surface area contributed by atoms with Crippen LogP contribution in [0.25, 0.3) is 0 Å². The summed E-state index contributed by atoms with van der Waals surface area (Å²) in [5.41, 5.74) is 0.217. The average Bonchev–Trinajstić information content (AvgIpc) is 2.68. The Morgan fingerprint density at radius 1 is 1.35 bits per heavy atom. The van der Waals surface area contributed by atoms with Crippen molar-refractivity contribution in [1.82, 2.24) is 15.3 Å². The van der Waals surface area contributed by atoms with Gasteiger partial charge in [-0.1, -0.05) is 6.07 Å². The van der Waals surface area contributed by atoms with E-state index in [0.29, 0.717) is 6.54 Å². The van der Waals surface area contributed by atoms with E-state index in [0.717, 1.165) is 37.3 Å². The number of aromatic nitrogens is 2. The van der Waals surface area contributed by atoms with Crippen LogP contribution in [-0.2, 0) is 4.79 Å². The van der Waals surface area contributed by atoms with Crippen molar-refractivity contribution in [1.29, 1.82) is 0 Å². The number of nitrogens with one attached hydrogen (secondary N) is 1. The summed E-state index contributed by atoms with van der Waals surface area (Å²) < 4.78 is 26.2. The first-order valence-corrected chi connectivity index (χ1v) is 8.46. The average molecular weight is 362 g/mol. The molecule has 2 N–H and O–H groups in total. The lowest BCUT2D eigenvalue weighted by Crippen LogP contribution is -2.44. The van der Waals surface area contributed by atoms with Crippen molar-refractivity contribution in [3.8, 4) is 0 Å². The molecule has 0 unspecified atom stereocenters. The van der Waals surface area contributed by atoms with Crippen LogP contribution in [0, 0.1) is 17.6 Å². The third-order valence-corrected chi connectivity index (χ3v) is 4.46. The number of anilines is 1. The molecule has 1 fully saturated rings. The molecule has 1 aromatic carbocycles. The Kier molecular flexibility index (Phi) is 5.72. The molecule has 1 saturated heterocycles. The minimum atomic E-state index is -1.10. The molecule has 2 atom stereocenters. The van der Waals surface area contributed by atoms with Crippen LogP contribution in [0.1, 0.15) is 24.5 Å². The maximum atomic E-state index is 13.2. The van der Waals surface area contributed by atoms with Gasteiger partial charge in [0.05, 0.1) is 18.2 Å². The largest absolute Gasteiger partial charge is 0.387 e. The van der Waals surface area contributed by atoms with Gasteiger partial charge in [0, 0.05) is 32.0 Å². The standard InChI is InChI=1S/C18H20F2N4O2/c19-14-4-3-12(8-15(14)20)16(25)9-23-18(26)13-2-1-7-24(11-13)17-10-21-5-6-22-17/h3-6,8,10,13,16,25H,1-2,7,9,11H2,(H,23,26)/t13-,16-/m1/s1. The van der Waals surface area contributed by atoms with Crippen LogP contribution in [0.5, 0.6) is 0 Å². The molecule has 3 rings (SSSR count). The third kappa shape index (κ3) is 4.32. The van der Waals surface area contributed by atoms with Gasteiger partial charge in [-0.3, -0.25) is 9.78 Å². The maximum Gasteiger partial charge on any atom is 0.225 e. The molecule has 0 saturated carbocycles. The highest BCUT2D eigenvalue weighted by atomic mass is 19.2. The van der Waals surface area contributed by atoms with Crippen LogP contribution in [0.2, 0.25) is 0 Å². The summed E-state index contributed by atoms with van der Waals surface area (Å²) in [7, 11) is 0. The number of benzene rings is 1. The molecule has 0 bridgehead atoms. The summed E-state index contributed by atoms with van der Waals surface area (Å²) in [6.07, 6.45) is 5.35. The SMILES string of the molecule is O=C(NC[C@@H](O)c1ccc(F)c(F)c1)[C@@H]1CCCN(c2cnccn2)C1. The third-order valence-electron chi connectivity index (χ3n) is 4.46. The Morgan fingerprint density at radius 3 is 2.92 bits per heavy atom. The summed E-state index contributed by atoms with van der Waals surface area (Å²) >= 11 is 0. The molecule has 1 aromatic heterocycles. The lowest BCUT2D eigenvalue weighted by atomic mass is 9.97. The predicted octanol–water partition coefficient (Wildman–Crippen LogP) is 1.82. The number of aliphatic hydroxyl groups excluding tert-OH is 1. The van der Waals surface area contributed by atoms with Gasteiger partial charge in [-0.2, -0.15) is 0 Å². The first kappa shape index (κ1) is 18.2. The minimum absolute atomic E-state index is 0.0639. The highest BCUT2D eigenvalue weighted by Gasteiger charge is 2.27. The van der Waals surface area contributed by atoms with Gasteiger partial charge in [-0.15, -0.1) is 0 Å². The van der Waals surface area contributed by atoms with Gasteiger partial charge in [-0.25, -0.2) is 13.8 Å². The van der Waals surface area contributed by atoms with Crippen LogP contribution in [0.15, 0.2) is 36.8 Å². The Labute approximate surface area is 149 Å². The van der Waals surface area contributed by atoms with E-state index in [1.54, 1.807) is 18.6 Å². The van der Waals surface area contributed by atoms with Crippen LogP contribution < -0.4 is 10.2 Å². The molecule has 1 amide bonds. The summed E-state index contributed by atoms with van der Waals surface area (Å²) in [6, 6.07) is 3.18. The summed E-state index contributed by atoms with van der Waals surface area (Å²) in [5, 5.41) is 12.8. The fourth-order valence-electron chi connectivity index (χ4n) is 3.03. The molecule has 2 aromatic rings. The van der Waals surface area contributed by atoms with Crippen LogP contribution >= 0.6 is 0 Å². The first-order valence-electron chi connectivity index (χ1n) is 8.46. The van der Waals surface area contributed by atoms with Crippen molar-refractivity contribution in [2.24, 2.45) is 5.92 Å². The van der Waals surface area contributed by atoms with Crippen molar-refractivity contribution in [3.05, 3.63) is 54.0 Å². The molecule has 0 radical (unpaired) electrons. The highest BCUT2D eigenvalue weighted by Crippen LogP contribution is 2.21. The number of hydrogen-bond donors (Lipinski definition) is 2. The molecule has 138 valence electrons. The topological polar surface area (TPSA) is 78.4 Å². The van der Waals surface area contributed by atoms with Crippen molar-refractivity contribution in [2.75, 3.05) is 24.5 Å². The number of piperidine rings is 1. The molecule has 0 aliphatic carbocycles. The molecular weight excluding hydrogens is 342 g/mol. The van der Waals surface area contributed by atoms with Gasteiger partial charge in [-0.05, 0) is 30.5 Å². The number of hydrogen-bond acceptors (Lipinski definition) is 5. The molecule has 26 heavy (non-hydrogen) atoms. The van der Waals surface area contributed by atoms with Gasteiger partial charge in [0.15, 0.2) is 11.6 Å². The molecular formula is C18H20F2N4O2. The van der Waals surface area contributed by atoms with E-state index in [1.807, 2.05) is 4.90 Å². The zero-order chi connectivity index (χ0) is 18.5. The van der Waals surface area contributed by atoms with E-state index >= 15 is 0 Å². The van der Waals surface area contributed by atoms with Crippen molar-refractivity contribution in [2.45, 2.75) is 18.9 Å². The first-order chi connectivity index (χ1) is 12.5. The molecule has 2 heterocycles. The number of amides is 1. The molecule has 0 spiro atoms. The zero-order valence-corrected chi connectivity index (χ0v) is 14.1. The van der Waals surface area contributed by atoms with Gasteiger partial charge in [0.25, 0.3) is 0 Å². The van der Waals surface area contributed by atoms with Crippen LogP contribution in [0.4, 0.5) is 14.6 Å². The smallest absolute Gasteiger partial charge is 0.225 e. The number of carbonyl (C=O) groups is 1. The lowest BCUT2D eigenvalue weighted by molar-refractivity contribution is -0.125. The van der Waals surface area contributed by atoms with E-state index in [4.69, 9.17) is 0 Å². The molecule has 6 nitrogen and oxygen atoms in total. The number of rotatable bonds is 5. The van der Waals surface area contributed by atoms with Crippen LogP contribution in [0.3, 0.4) is 0 Å². The predicted molar refractivity (Wildman–Crippen MR) is 91.3 cm³/mol. The Hall–Kier alpha value is -2.61. The van der Waals surface area contributed by atoms with Gasteiger partial charge >= 0.3 is 0 Å². The Balaban J connectivity index is 1.55. The monoisotopic (exact) mass is 362 g/mol. The number of aliphatic hydroxyl groups is 1. The second-order valence-corrected chi connectivity index (χ2v) is 6.28. The number of nitrogens with zero attached hydrogens (tertiary/aromatic N) is 3. The van der Waals surface area contributed by atoms with E-state index in [9.17, 15) is 18.7 Å². The van der Waals surface area contributed by atoms with E-state index in [2.05, 4.69) is 15.3 Å². The van der Waals surface area contributed by atoms with Crippen molar-refractivity contribution >= 4 is 11.7 Å². The summed E-state index contributed by atoms with van der Waals surface area (Å²) in [4.78, 5) is 22.7. The second-order valence-electron chi connectivity index (χ2n) is 6.28. The van der Waals surface area contributed by atoms with Crippen LogP contribution in [-0.4, -0.2) is 40.6 Å². The van der Waals surface area contributed by atoms with Gasteiger partial charge < -0.3 is 15.3 Å². The number of carbonyl (C=O) groups excluding carboxylic acids is 1. The van der Waals surface area contributed by atoms with Gasteiger partial charge in [0.1, 0.15) is 5.82 Å². The highest BCUT2D eigenvalue weighted by molar-refractivity contribution is 5.79. The van der Waals surface area contributed by atoms with E-state index < -0.39 is 17.7 Å². The quantitative estimate of drug-likeness (QED) is 0.848. The van der Waals surface area contributed by atoms with Gasteiger partial charge in [0.2, 0.25) is 5.91 Å². The fraction of sp³-hybridized carbons (Fsp3) is 0.389. The zero-order valence-electron chi connectivity index (χ0n) is 14.1. The number of halogens is 2. The maximum absolute atomic E-state index is 13.2. The van der Waals surface area contributed by atoms with E-state index in [1.165, 1.54) is 6.07 Å². The molecule has 1 aliphatic heterocycles. The lowest BCUT2D eigenvalue weighted by Gasteiger charge is -2.32. The normalized spacial score (nSPS) is 18.4. The van der Waals surface area contributed by atoms with Crippen molar-refractivity contribution < 1.29 is 18.7 Å². The summed E-state index contributed by atoms with van der Waals surface area (Å²) in [6.45, 7) is 1.26. The molecule has 8 heteroatoms. The molecule has 1 aliphatic rings. The Bertz CT molecular complexity index is 760. The minimum Gasteiger partial charge on any atom is -0.387 e. The Morgan fingerprint density at radius 2 is 2.19 bits per heavy atom.